The largest absolute Gasteiger partial charge is 0.448 e. The van der Waals surface area contributed by atoms with Gasteiger partial charge in [0.25, 0.3) is 5.51 Å². The molecule has 1 fully saturated rings. The standard InChI is InChI=1S/C17H23ClN3O2S/c1-13(22)11-23-17-14(2)19-12-24(17)21-8-6-20(7-9-21)16-5-3-4-15(18)10-16/h3-5,10,12-13,22H,6-9,11H2,1-2H3/q+1. The summed E-state index contributed by atoms with van der Waals surface area (Å²) >= 11 is 6.10. The summed E-state index contributed by atoms with van der Waals surface area (Å²) in [5, 5.41) is 11.1. The van der Waals surface area contributed by atoms with Crippen molar-refractivity contribution in [3.05, 3.63) is 40.5 Å². The van der Waals surface area contributed by atoms with Crippen molar-refractivity contribution in [2.24, 2.45) is 0 Å². The van der Waals surface area contributed by atoms with Crippen LogP contribution in [0.15, 0.2) is 29.8 Å². The van der Waals surface area contributed by atoms with Crippen LogP contribution in [0.4, 0.5) is 5.69 Å². The van der Waals surface area contributed by atoms with Gasteiger partial charge in [-0.3, -0.25) is 0 Å². The van der Waals surface area contributed by atoms with E-state index in [4.69, 9.17) is 16.3 Å². The Balaban J connectivity index is 1.67. The van der Waals surface area contributed by atoms with E-state index in [0.717, 1.165) is 42.0 Å². The van der Waals surface area contributed by atoms with E-state index in [0.29, 0.717) is 6.61 Å². The molecule has 1 aliphatic rings. The third-order valence-corrected chi connectivity index (χ3v) is 6.23. The van der Waals surface area contributed by atoms with Gasteiger partial charge in [-0.2, -0.15) is 4.98 Å². The van der Waals surface area contributed by atoms with E-state index in [9.17, 15) is 5.11 Å². The fourth-order valence-corrected chi connectivity index (χ4v) is 4.75. The van der Waals surface area contributed by atoms with E-state index < -0.39 is 6.10 Å². The van der Waals surface area contributed by atoms with Gasteiger partial charge in [0.15, 0.2) is 0 Å². The molecule has 1 aromatic heterocycles. The summed E-state index contributed by atoms with van der Waals surface area (Å²) in [4.78, 5) is 6.78. The first-order valence-corrected chi connectivity index (χ1v) is 9.71. The predicted molar refractivity (Wildman–Crippen MR) is 100 cm³/mol. The molecule has 0 radical (unpaired) electrons. The zero-order chi connectivity index (χ0) is 17.1. The number of hydrogen-bond acceptors (Lipinski definition) is 5. The highest BCUT2D eigenvalue weighted by molar-refractivity contribution is 7.33. The van der Waals surface area contributed by atoms with Crippen LogP contribution in [-0.2, 0) is 0 Å². The lowest BCUT2D eigenvalue weighted by Gasteiger charge is -2.32. The van der Waals surface area contributed by atoms with E-state index in [2.05, 4.69) is 20.3 Å². The van der Waals surface area contributed by atoms with Crippen LogP contribution in [0.5, 0.6) is 5.06 Å². The SMILES string of the molecule is Cc1nc[s+](N2CCN(c3cccc(Cl)c3)CC2)c1OCC(C)O. The van der Waals surface area contributed by atoms with Crippen LogP contribution in [0.2, 0.25) is 5.02 Å². The molecule has 0 aliphatic carbocycles. The molecular formula is C17H23ClN3O2S+. The maximum atomic E-state index is 9.46. The molecule has 2 unspecified atom stereocenters. The number of halogens is 1. The molecule has 1 aromatic carbocycles. The second kappa shape index (κ2) is 7.70. The van der Waals surface area contributed by atoms with Gasteiger partial charge in [0.2, 0.25) is 0 Å². The number of anilines is 1. The van der Waals surface area contributed by atoms with E-state index in [1.807, 2.05) is 30.6 Å². The molecule has 1 N–H and O–H groups in total. The smallest absolute Gasteiger partial charge is 0.373 e. The number of nitrogens with zero attached hydrogens (tertiary/aromatic N) is 3. The zero-order valence-corrected chi connectivity index (χ0v) is 15.6. The molecule has 2 heterocycles. The van der Waals surface area contributed by atoms with Crippen molar-refractivity contribution in [1.82, 2.24) is 4.98 Å². The number of aromatic nitrogens is 1. The second-order valence-electron chi connectivity index (χ2n) is 5.98. The first kappa shape index (κ1) is 17.5. The fraction of sp³-hybridized carbons (Fsp3) is 0.471. The van der Waals surface area contributed by atoms with Gasteiger partial charge in [0, 0.05) is 23.8 Å². The number of benzene rings is 1. The molecule has 3 rings (SSSR count). The van der Waals surface area contributed by atoms with Crippen molar-refractivity contribution in [2.45, 2.75) is 20.0 Å². The van der Waals surface area contributed by atoms with Crippen molar-refractivity contribution in [2.75, 3.05) is 42.0 Å². The lowest BCUT2D eigenvalue weighted by molar-refractivity contribution is 0.124. The fourth-order valence-electron chi connectivity index (χ4n) is 2.74. The Morgan fingerprint density at radius 3 is 2.75 bits per heavy atom. The summed E-state index contributed by atoms with van der Waals surface area (Å²) in [6.45, 7) is 7.77. The summed E-state index contributed by atoms with van der Waals surface area (Å²) in [6.07, 6.45) is -0.476. The Morgan fingerprint density at radius 1 is 1.33 bits per heavy atom. The average Bonchev–Trinajstić information content (AvgIpc) is 2.94. The van der Waals surface area contributed by atoms with Crippen LogP contribution in [0, 0.1) is 6.92 Å². The molecule has 2 aromatic rings. The van der Waals surface area contributed by atoms with Crippen molar-refractivity contribution in [1.29, 1.82) is 0 Å². The summed E-state index contributed by atoms with van der Waals surface area (Å²) < 4.78 is 8.22. The molecule has 0 spiro atoms. The summed E-state index contributed by atoms with van der Waals surface area (Å²) in [7, 11) is -0.239. The monoisotopic (exact) mass is 368 g/mol. The van der Waals surface area contributed by atoms with E-state index >= 15 is 0 Å². The Morgan fingerprint density at radius 2 is 2.08 bits per heavy atom. The highest BCUT2D eigenvalue weighted by Gasteiger charge is 2.31. The Bertz CT molecular complexity index is 684. The summed E-state index contributed by atoms with van der Waals surface area (Å²) in [5.74, 6) is 0. The lowest BCUT2D eigenvalue weighted by atomic mass is 10.2. The van der Waals surface area contributed by atoms with Crippen molar-refractivity contribution >= 4 is 27.9 Å². The molecule has 1 saturated heterocycles. The van der Waals surface area contributed by atoms with Crippen LogP contribution < -0.4 is 13.9 Å². The van der Waals surface area contributed by atoms with Crippen molar-refractivity contribution in [3.8, 4) is 5.06 Å². The highest BCUT2D eigenvalue weighted by atomic mass is 35.5. The number of ether oxygens (including phenoxy) is 1. The summed E-state index contributed by atoms with van der Waals surface area (Å²) in [6, 6.07) is 8.00. The molecule has 24 heavy (non-hydrogen) atoms. The molecular weight excluding hydrogens is 346 g/mol. The van der Waals surface area contributed by atoms with E-state index in [1.54, 1.807) is 6.92 Å². The van der Waals surface area contributed by atoms with Gasteiger partial charge in [0.1, 0.15) is 23.0 Å². The lowest BCUT2D eigenvalue weighted by Crippen LogP contribution is -2.46. The molecule has 0 bridgehead atoms. The second-order valence-corrected chi connectivity index (χ2v) is 8.14. The Hall–Kier alpha value is -1.34. The number of piperazine rings is 1. The molecule has 7 heteroatoms. The van der Waals surface area contributed by atoms with Gasteiger partial charge in [-0.15, -0.1) is 0 Å². The number of rotatable bonds is 5. The molecule has 0 amide bonds. The molecule has 130 valence electrons. The van der Waals surface area contributed by atoms with Crippen LogP contribution in [0.25, 0.3) is 0 Å². The maximum Gasteiger partial charge on any atom is 0.373 e. The van der Waals surface area contributed by atoms with Gasteiger partial charge in [0.05, 0.1) is 19.2 Å². The zero-order valence-electron chi connectivity index (χ0n) is 14.0. The van der Waals surface area contributed by atoms with E-state index in [-0.39, 0.29) is 10.7 Å². The Kier molecular flexibility index (Phi) is 5.61. The minimum atomic E-state index is -0.476. The molecule has 0 saturated carbocycles. The third kappa shape index (κ3) is 4.00. The van der Waals surface area contributed by atoms with Crippen LogP contribution in [0.1, 0.15) is 12.6 Å². The van der Waals surface area contributed by atoms with Crippen LogP contribution in [-0.4, -0.2) is 49.0 Å². The van der Waals surface area contributed by atoms with Crippen molar-refractivity contribution in [3.63, 3.8) is 0 Å². The molecule has 1 aliphatic heterocycles. The van der Waals surface area contributed by atoms with Crippen LogP contribution in [0.3, 0.4) is 0 Å². The number of aliphatic hydroxyl groups excluding tert-OH is 1. The highest BCUT2D eigenvalue weighted by Crippen LogP contribution is 2.37. The molecule has 2 atom stereocenters. The Labute approximate surface area is 150 Å². The maximum absolute atomic E-state index is 9.46. The minimum absolute atomic E-state index is 0.239. The number of aliphatic hydroxyl groups is 1. The van der Waals surface area contributed by atoms with Gasteiger partial charge in [-0.25, -0.2) is 0 Å². The normalized spacial score (nSPS) is 17.8. The number of aryl methyl sites for hydroxylation is 1. The number of thiazole rings is 1. The first-order chi connectivity index (χ1) is 11.5. The van der Waals surface area contributed by atoms with Gasteiger partial charge in [-0.05, 0) is 32.0 Å². The van der Waals surface area contributed by atoms with E-state index in [1.165, 1.54) is 5.69 Å². The topological polar surface area (TPSA) is 48.8 Å². The van der Waals surface area contributed by atoms with Gasteiger partial charge >= 0.3 is 5.06 Å². The summed E-state index contributed by atoms with van der Waals surface area (Å²) in [5.41, 5.74) is 4.06. The predicted octanol–water partition coefficient (Wildman–Crippen LogP) is 3.01. The van der Waals surface area contributed by atoms with Crippen molar-refractivity contribution < 1.29 is 9.84 Å². The number of hydrogen-bond donors (Lipinski definition) is 1. The van der Waals surface area contributed by atoms with Gasteiger partial charge < -0.3 is 14.7 Å². The quantitative estimate of drug-likeness (QED) is 0.822. The van der Waals surface area contributed by atoms with Gasteiger partial charge in [-0.1, -0.05) is 22.0 Å². The third-order valence-electron chi connectivity index (χ3n) is 3.98. The average molecular weight is 369 g/mol. The molecule has 5 nitrogen and oxygen atoms in total. The van der Waals surface area contributed by atoms with Crippen LogP contribution >= 0.6 is 22.3 Å². The first-order valence-electron chi connectivity index (χ1n) is 8.09. The minimum Gasteiger partial charge on any atom is -0.448 e.